The second-order valence-corrected chi connectivity index (χ2v) is 9.82. The maximum atomic E-state index is 13.3. The second kappa shape index (κ2) is 8.06. The molecule has 32 heavy (non-hydrogen) atoms. The van der Waals surface area contributed by atoms with Gasteiger partial charge in [0, 0.05) is 43.7 Å². The van der Waals surface area contributed by atoms with Crippen molar-refractivity contribution in [3.63, 3.8) is 0 Å². The van der Waals surface area contributed by atoms with Crippen molar-refractivity contribution in [2.24, 2.45) is 18.2 Å². The number of benzene rings is 1. The molecule has 170 valence electrons. The summed E-state index contributed by atoms with van der Waals surface area (Å²) in [5.74, 6) is 0.708. The van der Waals surface area contributed by atoms with E-state index in [1.165, 1.54) is 0 Å². The molecule has 1 aliphatic carbocycles. The summed E-state index contributed by atoms with van der Waals surface area (Å²) in [6.07, 6.45) is 4.52. The number of halogens is 2. The fraction of sp³-hybridized carbons (Fsp3) is 0.478. The van der Waals surface area contributed by atoms with Crippen LogP contribution in [0.1, 0.15) is 31.0 Å². The van der Waals surface area contributed by atoms with Gasteiger partial charge in [-0.2, -0.15) is 0 Å². The Bertz CT molecular complexity index is 1150. The van der Waals surface area contributed by atoms with Gasteiger partial charge in [-0.25, -0.2) is 4.98 Å². The maximum absolute atomic E-state index is 13.3. The van der Waals surface area contributed by atoms with Crippen LogP contribution < -0.4 is 21.5 Å². The summed E-state index contributed by atoms with van der Waals surface area (Å²) in [6.45, 7) is 4.37. The summed E-state index contributed by atoms with van der Waals surface area (Å²) < 4.78 is 7.48. The summed E-state index contributed by atoms with van der Waals surface area (Å²) in [7, 11) is 1.78. The van der Waals surface area contributed by atoms with E-state index in [2.05, 4.69) is 10.2 Å². The van der Waals surface area contributed by atoms with Crippen molar-refractivity contribution in [2.45, 2.75) is 38.3 Å². The van der Waals surface area contributed by atoms with E-state index in [9.17, 15) is 4.79 Å². The molecule has 2 aromatic rings. The van der Waals surface area contributed by atoms with Crippen LogP contribution in [0.4, 0.5) is 11.6 Å². The summed E-state index contributed by atoms with van der Waals surface area (Å²) in [4.78, 5) is 20.4. The highest BCUT2D eigenvalue weighted by molar-refractivity contribution is 6.43. The van der Waals surface area contributed by atoms with E-state index < -0.39 is 0 Å². The third-order valence-electron chi connectivity index (χ3n) is 7.22. The topological polar surface area (TPSA) is 85.4 Å². The van der Waals surface area contributed by atoms with Gasteiger partial charge in [0.1, 0.15) is 0 Å². The van der Waals surface area contributed by atoms with Gasteiger partial charge in [-0.05, 0) is 31.9 Å². The van der Waals surface area contributed by atoms with Gasteiger partial charge >= 0.3 is 0 Å². The van der Waals surface area contributed by atoms with Crippen molar-refractivity contribution < 1.29 is 4.74 Å². The fourth-order valence-electron chi connectivity index (χ4n) is 5.12. The first-order chi connectivity index (χ1) is 15.3. The predicted octanol–water partition coefficient (Wildman–Crippen LogP) is 3.43. The molecule has 0 radical (unpaired) electrons. The van der Waals surface area contributed by atoms with Crippen LogP contribution in [-0.4, -0.2) is 41.4 Å². The number of rotatable bonds is 3. The van der Waals surface area contributed by atoms with Crippen molar-refractivity contribution in [1.29, 1.82) is 0 Å². The number of hydrogen-bond donors (Lipinski definition) is 2. The first kappa shape index (κ1) is 21.8. The molecule has 9 heteroatoms. The molecule has 2 atom stereocenters. The molecule has 3 N–H and O–H groups in total. The molecular formula is C23H27Cl2N5O2. The Morgan fingerprint density at radius 3 is 2.72 bits per heavy atom. The van der Waals surface area contributed by atoms with Gasteiger partial charge in [0.05, 0.1) is 39.7 Å². The minimum Gasteiger partial charge on any atom is -0.376 e. The van der Waals surface area contributed by atoms with Crippen LogP contribution in [0.5, 0.6) is 0 Å². The second-order valence-electron chi connectivity index (χ2n) is 9.04. The molecule has 0 unspecified atom stereocenters. The SMILES string of the molecule is C[C@@H]1OCC2(CCN(c3nc4c(c(=O)n3C)C(Nc3cccc(Cl)c3Cl)=CC4)CC2)[C@@H]1N. The number of aromatic nitrogens is 2. The van der Waals surface area contributed by atoms with Crippen molar-refractivity contribution in [3.8, 4) is 0 Å². The van der Waals surface area contributed by atoms with E-state index in [0.717, 1.165) is 31.6 Å². The van der Waals surface area contributed by atoms with Crippen LogP contribution in [0.15, 0.2) is 29.1 Å². The summed E-state index contributed by atoms with van der Waals surface area (Å²) in [5, 5.41) is 4.15. The molecular weight excluding hydrogens is 449 g/mol. The third-order valence-corrected chi connectivity index (χ3v) is 8.04. The molecule has 7 nitrogen and oxygen atoms in total. The Hall–Kier alpha value is -2.06. The Morgan fingerprint density at radius 2 is 2.03 bits per heavy atom. The van der Waals surface area contributed by atoms with Crippen LogP contribution >= 0.6 is 23.2 Å². The molecule has 2 saturated heterocycles. The minimum atomic E-state index is -0.0748. The summed E-state index contributed by atoms with van der Waals surface area (Å²) in [6, 6.07) is 5.43. The Kier molecular flexibility index (Phi) is 5.48. The summed E-state index contributed by atoms with van der Waals surface area (Å²) in [5.41, 5.74) is 9.14. The first-order valence-electron chi connectivity index (χ1n) is 10.9. The Balaban J connectivity index is 1.39. The molecule has 0 amide bonds. The quantitative estimate of drug-likeness (QED) is 0.706. The normalized spacial score (nSPS) is 24.0. The fourth-order valence-corrected chi connectivity index (χ4v) is 5.47. The van der Waals surface area contributed by atoms with Crippen molar-refractivity contribution in [1.82, 2.24) is 9.55 Å². The number of piperidine rings is 1. The van der Waals surface area contributed by atoms with Gasteiger partial charge in [0.25, 0.3) is 5.56 Å². The number of nitrogens with two attached hydrogens (primary N) is 1. The average Bonchev–Trinajstić information content (AvgIpc) is 3.31. The van der Waals surface area contributed by atoms with Crippen LogP contribution in [-0.2, 0) is 18.2 Å². The molecule has 1 aromatic carbocycles. The number of hydrogen-bond acceptors (Lipinski definition) is 6. The zero-order valence-corrected chi connectivity index (χ0v) is 19.7. The van der Waals surface area contributed by atoms with Gasteiger partial charge < -0.3 is 20.7 Å². The van der Waals surface area contributed by atoms with Crippen molar-refractivity contribution >= 4 is 40.5 Å². The monoisotopic (exact) mass is 475 g/mol. The first-order valence-corrected chi connectivity index (χ1v) is 11.7. The van der Waals surface area contributed by atoms with E-state index in [-0.39, 0.29) is 23.1 Å². The van der Waals surface area contributed by atoms with Crippen LogP contribution in [0, 0.1) is 5.41 Å². The lowest BCUT2D eigenvalue weighted by Gasteiger charge is -2.41. The highest BCUT2D eigenvalue weighted by Crippen LogP contribution is 2.42. The molecule has 3 heterocycles. The standard InChI is InChI=1S/C23H27Cl2N5O2/c1-13-20(26)23(12-32-13)8-10-30(11-9-23)22-28-16-7-6-15(18(16)21(31)29(22)2)27-17-5-3-4-14(24)19(17)25/h3-6,13,20,27H,7-12,26H2,1-2H3/t13-,20+/m0/s1. The highest BCUT2D eigenvalue weighted by atomic mass is 35.5. The lowest BCUT2D eigenvalue weighted by atomic mass is 9.73. The van der Waals surface area contributed by atoms with Crippen LogP contribution in [0.25, 0.3) is 5.70 Å². The molecule has 0 saturated carbocycles. The molecule has 3 aliphatic rings. The van der Waals surface area contributed by atoms with E-state index in [4.69, 9.17) is 38.7 Å². The zero-order chi connectivity index (χ0) is 22.6. The van der Waals surface area contributed by atoms with Crippen molar-refractivity contribution in [3.05, 3.63) is 55.9 Å². The lowest BCUT2D eigenvalue weighted by Crippen LogP contribution is -2.51. The lowest BCUT2D eigenvalue weighted by molar-refractivity contribution is 0.0973. The Morgan fingerprint density at radius 1 is 1.28 bits per heavy atom. The summed E-state index contributed by atoms with van der Waals surface area (Å²) >= 11 is 12.5. The average molecular weight is 476 g/mol. The van der Waals surface area contributed by atoms with E-state index in [0.29, 0.717) is 46.0 Å². The largest absolute Gasteiger partial charge is 0.376 e. The van der Waals surface area contributed by atoms with Gasteiger partial charge in [0.15, 0.2) is 0 Å². The molecule has 2 fully saturated rings. The zero-order valence-electron chi connectivity index (χ0n) is 18.2. The predicted molar refractivity (Wildman–Crippen MR) is 129 cm³/mol. The van der Waals surface area contributed by atoms with Gasteiger partial charge in [-0.15, -0.1) is 0 Å². The molecule has 5 rings (SSSR count). The van der Waals surface area contributed by atoms with Gasteiger partial charge in [0.2, 0.25) is 5.95 Å². The molecule has 2 aliphatic heterocycles. The number of anilines is 2. The number of ether oxygens (including phenoxy) is 1. The van der Waals surface area contributed by atoms with E-state index in [1.54, 1.807) is 17.7 Å². The molecule has 0 bridgehead atoms. The van der Waals surface area contributed by atoms with Crippen LogP contribution in [0.2, 0.25) is 10.0 Å². The van der Waals surface area contributed by atoms with Gasteiger partial charge in [-0.1, -0.05) is 35.3 Å². The molecule has 1 spiro atoms. The maximum Gasteiger partial charge on any atom is 0.264 e. The minimum absolute atomic E-state index is 0.0282. The smallest absolute Gasteiger partial charge is 0.264 e. The number of nitrogens with zero attached hydrogens (tertiary/aromatic N) is 3. The van der Waals surface area contributed by atoms with Crippen molar-refractivity contribution in [2.75, 3.05) is 29.9 Å². The third kappa shape index (κ3) is 3.43. The van der Waals surface area contributed by atoms with E-state index >= 15 is 0 Å². The molecule has 1 aromatic heterocycles. The van der Waals surface area contributed by atoms with Gasteiger partial charge in [-0.3, -0.25) is 9.36 Å². The van der Waals surface area contributed by atoms with Crippen LogP contribution in [0.3, 0.4) is 0 Å². The number of fused-ring (bicyclic) bond motifs is 1. The number of allylic oxidation sites excluding steroid dienone is 1. The highest BCUT2D eigenvalue weighted by Gasteiger charge is 2.47. The Labute approximate surface area is 197 Å². The van der Waals surface area contributed by atoms with E-state index in [1.807, 2.05) is 25.1 Å². The number of nitrogens with one attached hydrogen (secondary N) is 1.